The fourth-order valence-electron chi connectivity index (χ4n) is 3.66. The summed E-state index contributed by atoms with van der Waals surface area (Å²) in [4.78, 5) is 44.4. The first-order valence-corrected chi connectivity index (χ1v) is 12.2. The van der Waals surface area contributed by atoms with Crippen LogP contribution in [0.15, 0.2) is 40.3 Å². The summed E-state index contributed by atoms with van der Waals surface area (Å²) in [6.45, 7) is 0.726. The summed E-state index contributed by atoms with van der Waals surface area (Å²) in [5.41, 5.74) is 6.31. The lowest BCUT2D eigenvalue weighted by atomic mass is 9.97. The molecule has 1 aliphatic carbocycles. The first kappa shape index (κ1) is 22.5. The number of hydrazine groups is 1. The fourth-order valence-corrected chi connectivity index (χ4v) is 5.79. The first-order chi connectivity index (χ1) is 15.6. The summed E-state index contributed by atoms with van der Waals surface area (Å²) >= 11 is 2.75. The Morgan fingerprint density at radius 3 is 2.75 bits per heavy atom. The second kappa shape index (κ2) is 10.3. The number of hydrogen-bond acceptors (Lipinski definition) is 7. The molecular weight excluding hydrogens is 448 g/mol. The molecule has 8 nitrogen and oxygen atoms in total. The quantitative estimate of drug-likeness (QED) is 0.311. The smallest absolute Gasteiger partial charge is 0.269 e. The average molecular weight is 473 g/mol. The van der Waals surface area contributed by atoms with Gasteiger partial charge in [-0.1, -0.05) is 30.0 Å². The lowest BCUT2D eigenvalue weighted by molar-refractivity contribution is -0.119. The monoisotopic (exact) mass is 472 g/mol. The van der Waals surface area contributed by atoms with E-state index in [0.717, 1.165) is 36.1 Å². The third-order valence-corrected chi connectivity index (χ3v) is 7.40. The highest BCUT2D eigenvalue weighted by Gasteiger charge is 2.22. The van der Waals surface area contributed by atoms with Crippen LogP contribution >= 0.6 is 23.1 Å². The topological polar surface area (TPSA) is 102 Å². The Morgan fingerprint density at radius 1 is 1.19 bits per heavy atom. The van der Waals surface area contributed by atoms with E-state index in [1.165, 1.54) is 16.6 Å². The van der Waals surface area contributed by atoms with Crippen molar-refractivity contribution in [2.75, 3.05) is 19.5 Å². The van der Waals surface area contributed by atoms with Crippen LogP contribution in [0.2, 0.25) is 0 Å². The van der Waals surface area contributed by atoms with Crippen molar-refractivity contribution in [3.63, 3.8) is 0 Å². The standard InChI is InChI=1S/C22H24N4O4S2/c1-30-12-11-26-21(29)18-15-9-5-6-10-16(15)32-20(18)23-22(26)31-13-17(27)24-25-19(28)14-7-3-2-4-8-14/h2-4,7-8H,5-6,9-13H2,1H3,(H,24,27)(H,25,28). The zero-order valence-electron chi connectivity index (χ0n) is 17.7. The van der Waals surface area contributed by atoms with Crippen molar-refractivity contribution in [3.05, 3.63) is 56.7 Å². The second-order valence-electron chi connectivity index (χ2n) is 7.39. The van der Waals surface area contributed by atoms with E-state index < -0.39 is 11.8 Å². The van der Waals surface area contributed by atoms with Crippen molar-refractivity contribution in [2.24, 2.45) is 0 Å². The van der Waals surface area contributed by atoms with Gasteiger partial charge in [0.2, 0.25) is 5.91 Å². The molecule has 2 amide bonds. The predicted octanol–water partition coefficient (Wildman–Crippen LogP) is 2.54. The molecule has 0 radical (unpaired) electrons. The van der Waals surface area contributed by atoms with Crippen molar-refractivity contribution in [3.8, 4) is 0 Å². The molecule has 2 aromatic heterocycles. The number of aryl methyl sites for hydroxylation is 2. The van der Waals surface area contributed by atoms with Gasteiger partial charge in [0.1, 0.15) is 4.83 Å². The van der Waals surface area contributed by atoms with Crippen LogP contribution in [0.1, 0.15) is 33.6 Å². The Morgan fingerprint density at radius 2 is 1.97 bits per heavy atom. The molecule has 0 spiro atoms. The number of rotatable bonds is 7. The predicted molar refractivity (Wildman–Crippen MR) is 125 cm³/mol. The normalized spacial score (nSPS) is 13.0. The average Bonchev–Trinajstić information content (AvgIpc) is 3.20. The van der Waals surface area contributed by atoms with Crippen LogP contribution in [-0.4, -0.2) is 40.8 Å². The summed E-state index contributed by atoms with van der Waals surface area (Å²) in [5, 5.41) is 1.19. The summed E-state index contributed by atoms with van der Waals surface area (Å²) in [6.07, 6.45) is 4.11. The Hall–Kier alpha value is -2.69. The van der Waals surface area contributed by atoms with Crippen molar-refractivity contribution in [2.45, 2.75) is 37.4 Å². The lowest BCUT2D eigenvalue weighted by Gasteiger charge is -2.13. The van der Waals surface area contributed by atoms with Gasteiger partial charge in [0.15, 0.2) is 5.16 Å². The Kier molecular flexibility index (Phi) is 7.23. The van der Waals surface area contributed by atoms with Crippen LogP contribution < -0.4 is 16.4 Å². The maximum atomic E-state index is 13.3. The first-order valence-electron chi connectivity index (χ1n) is 10.4. The highest BCUT2D eigenvalue weighted by Crippen LogP contribution is 2.34. The SMILES string of the molecule is COCCn1c(SCC(=O)NNC(=O)c2ccccc2)nc2sc3c(c2c1=O)CCCC3. The molecule has 168 valence electrons. The molecule has 0 fully saturated rings. The van der Waals surface area contributed by atoms with Crippen LogP contribution in [0.3, 0.4) is 0 Å². The van der Waals surface area contributed by atoms with E-state index >= 15 is 0 Å². The Bertz CT molecular complexity index is 1190. The molecule has 4 rings (SSSR count). The van der Waals surface area contributed by atoms with Crippen LogP contribution in [0.25, 0.3) is 10.2 Å². The van der Waals surface area contributed by atoms with Crippen LogP contribution in [0.4, 0.5) is 0 Å². The summed E-state index contributed by atoms with van der Waals surface area (Å²) in [6, 6.07) is 8.62. The molecule has 0 saturated heterocycles. The van der Waals surface area contributed by atoms with Gasteiger partial charge in [-0.3, -0.25) is 29.8 Å². The molecule has 0 atom stereocenters. The molecule has 0 unspecified atom stereocenters. The molecule has 32 heavy (non-hydrogen) atoms. The fraction of sp³-hybridized carbons (Fsp3) is 0.364. The number of benzene rings is 1. The van der Waals surface area contributed by atoms with Gasteiger partial charge in [-0.05, 0) is 43.4 Å². The minimum absolute atomic E-state index is 0.00505. The van der Waals surface area contributed by atoms with Crippen molar-refractivity contribution < 1.29 is 14.3 Å². The van der Waals surface area contributed by atoms with Crippen LogP contribution in [0.5, 0.6) is 0 Å². The molecule has 3 aromatic rings. The van der Waals surface area contributed by atoms with Crippen molar-refractivity contribution in [1.29, 1.82) is 0 Å². The van der Waals surface area contributed by atoms with E-state index in [-0.39, 0.29) is 11.3 Å². The molecule has 0 bridgehead atoms. The van der Waals surface area contributed by atoms with Gasteiger partial charge < -0.3 is 4.74 Å². The van der Waals surface area contributed by atoms with Gasteiger partial charge in [0.25, 0.3) is 11.5 Å². The number of ether oxygens (including phenoxy) is 1. The third-order valence-electron chi connectivity index (χ3n) is 5.24. The number of hydrogen-bond donors (Lipinski definition) is 2. The maximum absolute atomic E-state index is 13.3. The molecule has 1 aromatic carbocycles. The lowest BCUT2D eigenvalue weighted by Crippen LogP contribution is -2.42. The third kappa shape index (κ3) is 4.87. The zero-order chi connectivity index (χ0) is 22.5. The minimum atomic E-state index is -0.398. The maximum Gasteiger partial charge on any atom is 0.269 e. The molecule has 2 heterocycles. The largest absolute Gasteiger partial charge is 0.383 e. The molecule has 1 aliphatic rings. The van der Waals surface area contributed by atoms with Gasteiger partial charge in [-0.25, -0.2) is 4.98 Å². The van der Waals surface area contributed by atoms with E-state index in [9.17, 15) is 14.4 Å². The van der Waals surface area contributed by atoms with E-state index in [2.05, 4.69) is 10.9 Å². The number of fused-ring (bicyclic) bond motifs is 3. The number of amides is 2. The number of nitrogens with zero attached hydrogens (tertiary/aromatic N) is 2. The Balaban J connectivity index is 1.49. The van der Waals surface area contributed by atoms with E-state index in [1.807, 2.05) is 6.07 Å². The highest BCUT2D eigenvalue weighted by atomic mass is 32.2. The molecule has 2 N–H and O–H groups in total. The molecule has 10 heteroatoms. The number of thiophene rings is 1. The van der Waals surface area contributed by atoms with E-state index in [1.54, 1.807) is 47.3 Å². The summed E-state index contributed by atoms with van der Waals surface area (Å²) in [7, 11) is 1.58. The van der Waals surface area contributed by atoms with Gasteiger partial charge in [0.05, 0.1) is 24.3 Å². The molecule has 0 aliphatic heterocycles. The number of thioether (sulfide) groups is 1. The summed E-state index contributed by atoms with van der Waals surface area (Å²) < 4.78 is 6.76. The van der Waals surface area contributed by atoms with Gasteiger partial charge >= 0.3 is 0 Å². The zero-order valence-corrected chi connectivity index (χ0v) is 19.3. The number of aromatic nitrogens is 2. The van der Waals surface area contributed by atoms with E-state index in [0.29, 0.717) is 29.3 Å². The van der Waals surface area contributed by atoms with Crippen LogP contribution in [0, 0.1) is 0 Å². The van der Waals surface area contributed by atoms with Crippen molar-refractivity contribution in [1.82, 2.24) is 20.4 Å². The Labute approximate surface area is 193 Å². The molecule has 0 saturated carbocycles. The van der Waals surface area contributed by atoms with Crippen molar-refractivity contribution >= 4 is 45.1 Å². The number of carbonyl (C=O) groups is 2. The van der Waals surface area contributed by atoms with Gasteiger partial charge in [-0.2, -0.15) is 0 Å². The number of nitrogens with one attached hydrogen (secondary N) is 2. The highest BCUT2D eigenvalue weighted by molar-refractivity contribution is 7.99. The number of carbonyl (C=O) groups excluding carboxylic acids is 2. The minimum Gasteiger partial charge on any atom is -0.383 e. The summed E-state index contributed by atoms with van der Waals surface area (Å²) in [5.74, 6) is -0.785. The second-order valence-corrected chi connectivity index (χ2v) is 9.42. The number of methoxy groups -OCH3 is 1. The van der Waals surface area contributed by atoms with E-state index in [4.69, 9.17) is 9.72 Å². The molecular formula is C22H24N4O4S2. The van der Waals surface area contributed by atoms with Gasteiger partial charge in [0, 0.05) is 17.6 Å². The van der Waals surface area contributed by atoms with Gasteiger partial charge in [-0.15, -0.1) is 11.3 Å². The van der Waals surface area contributed by atoms with Crippen LogP contribution in [-0.2, 0) is 28.9 Å².